The van der Waals surface area contributed by atoms with Crippen LogP contribution in [0, 0.1) is 11.7 Å². The molecule has 0 amide bonds. The second-order valence-corrected chi connectivity index (χ2v) is 6.64. The molecule has 150 valence electrons. The van der Waals surface area contributed by atoms with E-state index in [0.717, 1.165) is 50.5 Å². The van der Waals surface area contributed by atoms with Crippen LogP contribution in [0.1, 0.15) is 32.3 Å². The molecule has 7 heteroatoms. The molecule has 1 aromatic carbocycles. The molecule has 1 aliphatic heterocycles. The Morgan fingerprint density at radius 3 is 2.52 bits per heavy atom. The number of carbonyl (C=O) groups excluding carboxylic acids is 1. The Bertz CT molecular complexity index is 653. The van der Waals surface area contributed by atoms with Crippen LogP contribution < -0.4 is 10.2 Å². The largest absolute Gasteiger partial charge is 0.469 e. The molecule has 0 spiro atoms. The normalized spacial score (nSPS) is 15.6. The third-order valence-electron chi connectivity index (χ3n) is 5.11. The van der Waals surface area contributed by atoms with Crippen molar-refractivity contribution in [1.82, 2.24) is 10.2 Å². The van der Waals surface area contributed by atoms with E-state index < -0.39 is 0 Å². The molecule has 0 saturated carbocycles. The van der Waals surface area contributed by atoms with E-state index in [1.807, 2.05) is 30.9 Å². The third-order valence-corrected chi connectivity index (χ3v) is 5.11. The first-order valence-corrected chi connectivity index (χ1v) is 9.60. The summed E-state index contributed by atoms with van der Waals surface area (Å²) in [5.41, 5.74) is 1.51. The minimum absolute atomic E-state index is 0.0360. The van der Waals surface area contributed by atoms with Crippen molar-refractivity contribution in [3.8, 4) is 0 Å². The van der Waals surface area contributed by atoms with Crippen molar-refractivity contribution < 1.29 is 13.9 Å². The van der Waals surface area contributed by atoms with Crippen molar-refractivity contribution in [2.45, 2.75) is 33.2 Å². The molecule has 0 aliphatic carbocycles. The number of guanidine groups is 1. The van der Waals surface area contributed by atoms with Crippen LogP contribution in [0.3, 0.4) is 0 Å². The van der Waals surface area contributed by atoms with Crippen LogP contribution in [-0.4, -0.2) is 57.2 Å². The molecular formula is C20H31FN4O2. The summed E-state index contributed by atoms with van der Waals surface area (Å²) in [5, 5.41) is 3.30. The lowest BCUT2D eigenvalue weighted by Gasteiger charge is -2.33. The topological polar surface area (TPSA) is 57.2 Å². The Hall–Kier alpha value is -2.31. The first-order chi connectivity index (χ1) is 13.0. The number of esters is 1. The number of rotatable bonds is 6. The van der Waals surface area contributed by atoms with Crippen LogP contribution in [0.5, 0.6) is 0 Å². The van der Waals surface area contributed by atoms with E-state index in [2.05, 4.69) is 15.2 Å². The van der Waals surface area contributed by atoms with E-state index in [4.69, 9.17) is 4.74 Å². The number of benzene rings is 1. The summed E-state index contributed by atoms with van der Waals surface area (Å²) in [7, 11) is 3.17. The number of nitrogens with one attached hydrogen (secondary N) is 1. The van der Waals surface area contributed by atoms with Crippen molar-refractivity contribution >= 4 is 17.6 Å². The summed E-state index contributed by atoms with van der Waals surface area (Å²) in [6.45, 7) is 7.58. The zero-order valence-electron chi connectivity index (χ0n) is 16.8. The van der Waals surface area contributed by atoms with Gasteiger partial charge in [-0.05, 0) is 44.4 Å². The van der Waals surface area contributed by atoms with E-state index in [1.54, 1.807) is 13.1 Å². The summed E-state index contributed by atoms with van der Waals surface area (Å²) in [6, 6.07) is 5.36. The van der Waals surface area contributed by atoms with Crippen LogP contribution in [0.25, 0.3) is 0 Å². The molecule has 1 aromatic rings. The quantitative estimate of drug-likeness (QED) is 0.469. The number of anilines is 1. The number of hydrogen-bond acceptors (Lipinski definition) is 4. The van der Waals surface area contributed by atoms with Gasteiger partial charge in [-0.15, -0.1) is 0 Å². The predicted octanol–water partition coefficient (Wildman–Crippen LogP) is 2.63. The van der Waals surface area contributed by atoms with Crippen LogP contribution in [0.15, 0.2) is 23.2 Å². The van der Waals surface area contributed by atoms with E-state index in [1.165, 1.54) is 7.11 Å². The minimum Gasteiger partial charge on any atom is -0.469 e. The molecule has 1 fully saturated rings. The highest BCUT2D eigenvalue weighted by Crippen LogP contribution is 2.21. The van der Waals surface area contributed by atoms with Crippen molar-refractivity contribution in [3.63, 3.8) is 0 Å². The fraction of sp³-hybridized carbons (Fsp3) is 0.600. The smallest absolute Gasteiger partial charge is 0.308 e. The number of methoxy groups -OCH3 is 1. The van der Waals surface area contributed by atoms with Gasteiger partial charge in [-0.3, -0.25) is 9.79 Å². The second kappa shape index (κ2) is 10.1. The summed E-state index contributed by atoms with van der Waals surface area (Å²) >= 11 is 0. The maximum absolute atomic E-state index is 14.4. The van der Waals surface area contributed by atoms with Crippen LogP contribution in [0.2, 0.25) is 0 Å². The van der Waals surface area contributed by atoms with Gasteiger partial charge in [0.25, 0.3) is 0 Å². The maximum atomic E-state index is 14.4. The van der Waals surface area contributed by atoms with Gasteiger partial charge in [0.2, 0.25) is 0 Å². The molecule has 0 aromatic heterocycles. The fourth-order valence-corrected chi connectivity index (χ4v) is 3.49. The number of aliphatic imine (C=N–C) groups is 1. The highest BCUT2D eigenvalue weighted by Gasteiger charge is 2.26. The number of likely N-dealkylation sites (tertiary alicyclic amines) is 1. The SMILES string of the molecule is CCN(CC)c1ccc(CNC(=NC)N2CCC(C(=O)OC)CC2)cc1F. The summed E-state index contributed by atoms with van der Waals surface area (Å²) in [6.07, 6.45) is 1.50. The Morgan fingerprint density at radius 1 is 1.33 bits per heavy atom. The van der Waals surface area contributed by atoms with Crippen LogP contribution in [-0.2, 0) is 16.1 Å². The number of piperidine rings is 1. The van der Waals surface area contributed by atoms with E-state index in [9.17, 15) is 9.18 Å². The maximum Gasteiger partial charge on any atom is 0.308 e. The lowest BCUT2D eigenvalue weighted by atomic mass is 9.97. The van der Waals surface area contributed by atoms with Gasteiger partial charge in [-0.2, -0.15) is 0 Å². The average molecular weight is 378 g/mol. The summed E-state index contributed by atoms with van der Waals surface area (Å²) < 4.78 is 19.3. The Kier molecular flexibility index (Phi) is 7.88. The zero-order valence-corrected chi connectivity index (χ0v) is 16.8. The molecule has 2 rings (SSSR count). The summed E-state index contributed by atoms with van der Waals surface area (Å²) in [4.78, 5) is 20.1. The van der Waals surface area contributed by atoms with Gasteiger partial charge in [-0.25, -0.2) is 4.39 Å². The fourth-order valence-electron chi connectivity index (χ4n) is 3.49. The van der Waals surface area contributed by atoms with E-state index in [0.29, 0.717) is 12.2 Å². The number of ether oxygens (including phenoxy) is 1. The minimum atomic E-state index is -0.202. The first-order valence-electron chi connectivity index (χ1n) is 9.60. The van der Waals surface area contributed by atoms with Gasteiger partial charge >= 0.3 is 5.97 Å². The monoisotopic (exact) mass is 378 g/mol. The summed E-state index contributed by atoms with van der Waals surface area (Å²) in [5.74, 6) is 0.394. The van der Waals surface area contributed by atoms with Crippen molar-refractivity contribution in [3.05, 3.63) is 29.6 Å². The molecule has 0 radical (unpaired) electrons. The molecule has 1 aliphatic rings. The zero-order chi connectivity index (χ0) is 19.8. The van der Waals surface area contributed by atoms with Gasteiger partial charge in [0, 0.05) is 39.8 Å². The number of nitrogens with zero attached hydrogens (tertiary/aromatic N) is 3. The average Bonchev–Trinajstić information content (AvgIpc) is 2.70. The van der Waals surface area contributed by atoms with Crippen molar-refractivity contribution in [2.24, 2.45) is 10.9 Å². The van der Waals surface area contributed by atoms with Gasteiger partial charge in [0.05, 0.1) is 18.7 Å². The van der Waals surface area contributed by atoms with Gasteiger partial charge < -0.3 is 19.9 Å². The van der Waals surface area contributed by atoms with Crippen molar-refractivity contribution in [2.75, 3.05) is 45.2 Å². The Balaban J connectivity index is 1.93. The van der Waals surface area contributed by atoms with E-state index >= 15 is 0 Å². The molecule has 1 N–H and O–H groups in total. The van der Waals surface area contributed by atoms with Gasteiger partial charge in [-0.1, -0.05) is 6.07 Å². The highest BCUT2D eigenvalue weighted by atomic mass is 19.1. The second-order valence-electron chi connectivity index (χ2n) is 6.64. The van der Waals surface area contributed by atoms with Crippen LogP contribution >= 0.6 is 0 Å². The van der Waals surface area contributed by atoms with Gasteiger partial charge in [0.1, 0.15) is 5.82 Å². The lowest BCUT2D eigenvalue weighted by molar-refractivity contribution is -0.146. The molecular weight excluding hydrogens is 347 g/mol. The van der Waals surface area contributed by atoms with E-state index in [-0.39, 0.29) is 17.7 Å². The molecule has 0 bridgehead atoms. The highest BCUT2D eigenvalue weighted by molar-refractivity contribution is 5.80. The molecule has 1 heterocycles. The van der Waals surface area contributed by atoms with Crippen LogP contribution in [0.4, 0.5) is 10.1 Å². The standard InChI is InChI=1S/C20H31FN4O2/c1-5-24(6-2)18-8-7-15(13-17(18)21)14-23-20(22-3)25-11-9-16(10-12-25)19(26)27-4/h7-8,13,16H,5-6,9-12,14H2,1-4H3,(H,22,23). The third kappa shape index (κ3) is 5.34. The number of halogens is 1. The van der Waals surface area contributed by atoms with Gasteiger partial charge in [0.15, 0.2) is 5.96 Å². The number of carbonyl (C=O) groups is 1. The molecule has 27 heavy (non-hydrogen) atoms. The predicted molar refractivity (Wildman–Crippen MR) is 106 cm³/mol. The first kappa shape index (κ1) is 21.0. The molecule has 1 saturated heterocycles. The Morgan fingerprint density at radius 2 is 2.00 bits per heavy atom. The lowest BCUT2D eigenvalue weighted by Crippen LogP contribution is -2.46. The Labute approximate surface area is 161 Å². The number of hydrogen-bond donors (Lipinski definition) is 1. The molecule has 6 nitrogen and oxygen atoms in total. The molecule has 0 unspecified atom stereocenters. The molecule has 0 atom stereocenters. The van der Waals surface area contributed by atoms with Crippen molar-refractivity contribution in [1.29, 1.82) is 0 Å².